The fraction of sp³-hybridized carbons (Fsp3) is 0.421. The van der Waals surface area contributed by atoms with Crippen molar-refractivity contribution >= 4 is 22.9 Å². The minimum atomic E-state index is 0.109. The van der Waals surface area contributed by atoms with E-state index in [2.05, 4.69) is 27.3 Å². The molecule has 0 unspecified atom stereocenters. The standard InChI is InChI=1S/C19H25N3OS/c1-17(23)22(18-6-3-2-4-7-18)14-13-20-9-11-21(12-10-20)16-19-8-5-15-24-19/h2-8,15H,9-14,16H2,1H3. The highest BCUT2D eigenvalue weighted by atomic mass is 32.1. The van der Waals surface area contributed by atoms with E-state index in [0.29, 0.717) is 0 Å². The number of thiophene rings is 1. The number of amides is 1. The van der Waals surface area contributed by atoms with Crippen LogP contribution in [-0.4, -0.2) is 55.0 Å². The van der Waals surface area contributed by atoms with Crippen LogP contribution in [0.3, 0.4) is 0 Å². The summed E-state index contributed by atoms with van der Waals surface area (Å²) in [7, 11) is 0. The maximum absolute atomic E-state index is 11.9. The number of piperazine rings is 1. The molecular formula is C19H25N3OS. The van der Waals surface area contributed by atoms with E-state index in [-0.39, 0.29) is 5.91 Å². The Kier molecular flexibility index (Phi) is 6.01. The molecule has 3 rings (SSSR count). The van der Waals surface area contributed by atoms with Gasteiger partial charge in [-0.15, -0.1) is 11.3 Å². The Morgan fingerprint density at radius 1 is 1.04 bits per heavy atom. The Bertz CT molecular complexity index is 621. The van der Waals surface area contributed by atoms with Gasteiger partial charge in [-0.05, 0) is 23.6 Å². The van der Waals surface area contributed by atoms with Gasteiger partial charge in [-0.3, -0.25) is 14.6 Å². The van der Waals surface area contributed by atoms with Crippen molar-refractivity contribution in [2.45, 2.75) is 13.5 Å². The number of benzene rings is 1. The van der Waals surface area contributed by atoms with Crippen molar-refractivity contribution in [3.05, 3.63) is 52.7 Å². The van der Waals surface area contributed by atoms with Crippen LogP contribution in [0.15, 0.2) is 47.8 Å². The lowest BCUT2D eigenvalue weighted by Crippen LogP contribution is -2.48. The zero-order valence-electron chi connectivity index (χ0n) is 14.2. The fourth-order valence-electron chi connectivity index (χ4n) is 3.11. The first-order valence-corrected chi connectivity index (χ1v) is 9.40. The summed E-state index contributed by atoms with van der Waals surface area (Å²) < 4.78 is 0. The second-order valence-electron chi connectivity index (χ2n) is 6.20. The fourth-order valence-corrected chi connectivity index (χ4v) is 3.86. The molecule has 1 aromatic heterocycles. The number of nitrogens with zero attached hydrogens (tertiary/aromatic N) is 3. The molecule has 0 aliphatic carbocycles. The zero-order chi connectivity index (χ0) is 16.8. The SMILES string of the molecule is CC(=O)N(CCN1CCN(Cc2cccs2)CC1)c1ccccc1. The van der Waals surface area contributed by atoms with Crippen LogP contribution in [0.4, 0.5) is 5.69 Å². The van der Waals surface area contributed by atoms with E-state index in [1.165, 1.54) is 4.88 Å². The van der Waals surface area contributed by atoms with Crippen molar-refractivity contribution in [2.24, 2.45) is 0 Å². The van der Waals surface area contributed by atoms with Gasteiger partial charge in [0.2, 0.25) is 5.91 Å². The molecule has 0 saturated carbocycles. The lowest BCUT2D eigenvalue weighted by atomic mass is 10.2. The molecule has 128 valence electrons. The van der Waals surface area contributed by atoms with E-state index < -0.39 is 0 Å². The van der Waals surface area contributed by atoms with Crippen LogP contribution in [0.1, 0.15) is 11.8 Å². The van der Waals surface area contributed by atoms with Crippen molar-refractivity contribution < 1.29 is 4.79 Å². The smallest absolute Gasteiger partial charge is 0.223 e. The van der Waals surface area contributed by atoms with Gasteiger partial charge in [0.1, 0.15) is 0 Å². The van der Waals surface area contributed by atoms with Gasteiger partial charge in [0.25, 0.3) is 0 Å². The van der Waals surface area contributed by atoms with E-state index in [1.54, 1.807) is 6.92 Å². The number of carbonyl (C=O) groups is 1. The Balaban J connectivity index is 1.46. The van der Waals surface area contributed by atoms with Crippen LogP contribution >= 0.6 is 11.3 Å². The number of hydrogen-bond donors (Lipinski definition) is 0. The monoisotopic (exact) mass is 343 g/mol. The Hall–Kier alpha value is -1.69. The maximum atomic E-state index is 11.9. The number of carbonyl (C=O) groups excluding carboxylic acids is 1. The third-order valence-electron chi connectivity index (χ3n) is 4.51. The normalized spacial score (nSPS) is 16.2. The molecular weight excluding hydrogens is 318 g/mol. The molecule has 4 nitrogen and oxygen atoms in total. The third-order valence-corrected chi connectivity index (χ3v) is 5.37. The van der Waals surface area contributed by atoms with Crippen LogP contribution in [0.25, 0.3) is 0 Å². The number of hydrogen-bond acceptors (Lipinski definition) is 4. The number of para-hydroxylation sites is 1. The topological polar surface area (TPSA) is 26.8 Å². The zero-order valence-corrected chi connectivity index (χ0v) is 15.0. The lowest BCUT2D eigenvalue weighted by Gasteiger charge is -2.35. The first-order valence-electron chi connectivity index (χ1n) is 8.52. The van der Waals surface area contributed by atoms with Gasteiger partial charge in [-0.1, -0.05) is 24.3 Å². The van der Waals surface area contributed by atoms with Crippen LogP contribution in [0.2, 0.25) is 0 Å². The van der Waals surface area contributed by atoms with Gasteiger partial charge in [-0.25, -0.2) is 0 Å². The first kappa shape index (κ1) is 17.1. The second kappa shape index (κ2) is 8.42. The summed E-state index contributed by atoms with van der Waals surface area (Å²) in [6, 6.07) is 14.3. The Labute approximate surface area is 148 Å². The predicted molar refractivity (Wildman–Crippen MR) is 101 cm³/mol. The summed E-state index contributed by atoms with van der Waals surface area (Å²) in [6.45, 7) is 8.75. The molecule has 1 saturated heterocycles. The molecule has 2 aromatic rings. The molecule has 0 spiro atoms. The van der Waals surface area contributed by atoms with E-state index >= 15 is 0 Å². The summed E-state index contributed by atoms with van der Waals surface area (Å²) in [5.41, 5.74) is 0.987. The molecule has 1 amide bonds. The maximum Gasteiger partial charge on any atom is 0.223 e. The number of rotatable bonds is 6. The van der Waals surface area contributed by atoms with E-state index in [9.17, 15) is 4.79 Å². The van der Waals surface area contributed by atoms with E-state index in [4.69, 9.17) is 0 Å². The molecule has 1 aromatic carbocycles. The highest BCUT2D eigenvalue weighted by Gasteiger charge is 2.19. The summed E-state index contributed by atoms with van der Waals surface area (Å²) in [5.74, 6) is 0.109. The van der Waals surface area contributed by atoms with Crippen LogP contribution < -0.4 is 4.90 Å². The van der Waals surface area contributed by atoms with Crippen molar-refractivity contribution in [3.63, 3.8) is 0 Å². The van der Waals surface area contributed by atoms with Crippen molar-refractivity contribution in [1.29, 1.82) is 0 Å². The quantitative estimate of drug-likeness (QED) is 0.807. The molecule has 1 fully saturated rings. The van der Waals surface area contributed by atoms with Crippen molar-refractivity contribution in [1.82, 2.24) is 9.80 Å². The molecule has 2 heterocycles. The average Bonchev–Trinajstić information content (AvgIpc) is 3.10. The van der Waals surface area contributed by atoms with Crippen molar-refractivity contribution in [3.8, 4) is 0 Å². The Morgan fingerprint density at radius 3 is 2.38 bits per heavy atom. The van der Waals surface area contributed by atoms with Gasteiger partial charge in [0.05, 0.1) is 0 Å². The molecule has 0 bridgehead atoms. The summed E-state index contributed by atoms with van der Waals surface area (Å²) >= 11 is 1.83. The number of anilines is 1. The average molecular weight is 343 g/mol. The van der Waals surface area contributed by atoms with Gasteiger partial charge in [0, 0.05) is 63.3 Å². The van der Waals surface area contributed by atoms with Gasteiger partial charge >= 0.3 is 0 Å². The summed E-state index contributed by atoms with van der Waals surface area (Å²) in [4.78, 5) is 20.2. The van der Waals surface area contributed by atoms with Gasteiger partial charge in [-0.2, -0.15) is 0 Å². The minimum Gasteiger partial charge on any atom is -0.311 e. The largest absolute Gasteiger partial charge is 0.311 e. The van der Waals surface area contributed by atoms with Crippen LogP contribution in [0, 0.1) is 0 Å². The lowest BCUT2D eigenvalue weighted by molar-refractivity contribution is -0.116. The second-order valence-corrected chi connectivity index (χ2v) is 7.24. The summed E-state index contributed by atoms with van der Waals surface area (Å²) in [5, 5.41) is 2.14. The third kappa shape index (κ3) is 4.66. The highest BCUT2D eigenvalue weighted by Crippen LogP contribution is 2.15. The van der Waals surface area contributed by atoms with Gasteiger partial charge < -0.3 is 4.90 Å². The van der Waals surface area contributed by atoms with Crippen LogP contribution in [0.5, 0.6) is 0 Å². The molecule has 0 N–H and O–H groups in total. The molecule has 0 atom stereocenters. The molecule has 24 heavy (non-hydrogen) atoms. The first-order chi connectivity index (χ1) is 11.7. The summed E-state index contributed by atoms with van der Waals surface area (Å²) in [6.07, 6.45) is 0. The highest BCUT2D eigenvalue weighted by molar-refractivity contribution is 7.09. The van der Waals surface area contributed by atoms with Crippen molar-refractivity contribution in [2.75, 3.05) is 44.2 Å². The van der Waals surface area contributed by atoms with E-state index in [1.807, 2.05) is 46.6 Å². The predicted octanol–water partition coefficient (Wildman–Crippen LogP) is 2.92. The molecule has 5 heteroatoms. The molecule has 0 radical (unpaired) electrons. The molecule has 1 aliphatic heterocycles. The molecule has 1 aliphatic rings. The van der Waals surface area contributed by atoms with Gasteiger partial charge in [0.15, 0.2) is 0 Å². The Morgan fingerprint density at radius 2 is 1.75 bits per heavy atom. The van der Waals surface area contributed by atoms with E-state index in [0.717, 1.165) is 51.5 Å². The minimum absolute atomic E-state index is 0.109. The van der Waals surface area contributed by atoms with Crippen LogP contribution in [-0.2, 0) is 11.3 Å².